The topological polar surface area (TPSA) is 63.2 Å². The summed E-state index contributed by atoms with van der Waals surface area (Å²) in [6.45, 7) is 5.30. The van der Waals surface area contributed by atoms with Crippen molar-refractivity contribution in [2.75, 3.05) is 18.4 Å². The van der Waals surface area contributed by atoms with Gasteiger partial charge in [0, 0.05) is 18.5 Å². The molecule has 0 radical (unpaired) electrons. The molecule has 1 N–H and O–H groups in total. The Kier molecular flexibility index (Phi) is 6.38. The first-order chi connectivity index (χ1) is 15.9. The van der Waals surface area contributed by atoms with Gasteiger partial charge in [0.2, 0.25) is 0 Å². The van der Waals surface area contributed by atoms with E-state index in [1.54, 1.807) is 0 Å². The van der Waals surface area contributed by atoms with Gasteiger partial charge in [0.1, 0.15) is 17.3 Å². The molecule has 3 heterocycles. The number of alkyl halides is 6. The Morgan fingerprint density at radius 2 is 1.68 bits per heavy atom. The summed E-state index contributed by atoms with van der Waals surface area (Å²) in [6.07, 6.45) is -8.22. The van der Waals surface area contributed by atoms with Crippen molar-refractivity contribution >= 4 is 22.4 Å². The van der Waals surface area contributed by atoms with Crippen LogP contribution in [0.5, 0.6) is 0 Å². The number of benzene rings is 1. The van der Waals surface area contributed by atoms with E-state index in [0.717, 1.165) is 24.4 Å². The van der Waals surface area contributed by atoms with Gasteiger partial charge in [0.15, 0.2) is 0 Å². The van der Waals surface area contributed by atoms with Crippen LogP contribution in [0.25, 0.3) is 10.9 Å². The molecule has 34 heavy (non-hydrogen) atoms. The zero-order valence-electron chi connectivity index (χ0n) is 18.2. The van der Waals surface area contributed by atoms with Gasteiger partial charge < -0.3 is 10.1 Å². The maximum atomic E-state index is 13.3. The van der Waals surface area contributed by atoms with Crippen molar-refractivity contribution in [1.29, 1.82) is 0 Å². The fourth-order valence-electron chi connectivity index (χ4n) is 3.91. The first-order valence-corrected chi connectivity index (χ1v) is 10.4. The number of hydrogen-bond acceptors (Lipinski definition) is 6. The van der Waals surface area contributed by atoms with E-state index >= 15 is 0 Å². The Bertz CT molecular complexity index is 1160. The molecule has 1 aliphatic rings. The highest BCUT2D eigenvalue weighted by Gasteiger charge is 2.33. The van der Waals surface area contributed by atoms with Crippen molar-refractivity contribution in [3.05, 3.63) is 53.6 Å². The van der Waals surface area contributed by atoms with Crippen LogP contribution in [0.3, 0.4) is 0 Å². The molecule has 4 rings (SSSR count). The number of fused-ring (bicyclic) bond motifs is 1. The van der Waals surface area contributed by atoms with Gasteiger partial charge in [0.05, 0.1) is 41.7 Å². The summed E-state index contributed by atoms with van der Waals surface area (Å²) >= 11 is 0. The van der Waals surface area contributed by atoms with E-state index in [9.17, 15) is 26.3 Å². The molecule has 0 amide bonds. The highest BCUT2D eigenvalue weighted by Crippen LogP contribution is 2.34. The molecule has 3 aromatic rings. The summed E-state index contributed by atoms with van der Waals surface area (Å²) in [5.41, 5.74) is -1.65. The Morgan fingerprint density at radius 3 is 2.26 bits per heavy atom. The van der Waals surface area contributed by atoms with Gasteiger partial charge in [-0.15, -0.1) is 0 Å². The van der Waals surface area contributed by atoms with E-state index in [2.05, 4.69) is 20.3 Å². The molecule has 1 saturated heterocycles. The second-order valence-corrected chi connectivity index (χ2v) is 8.22. The SMILES string of the molecule is C[C@@H]1CN(Cc2nc(Nc3ccc(C(F)(F)F)nc3)c3ccc(C(F)(F)F)cc3n2)C[C@H](C)O1. The van der Waals surface area contributed by atoms with E-state index in [1.807, 2.05) is 18.7 Å². The summed E-state index contributed by atoms with van der Waals surface area (Å²) in [4.78, 5) is 14.3. The number of nitrogens with zero attached hydrogens (tertiary/aromatic N) is 4. The molecular formula is C22H21F6N5O. The number of anilines is 2. The van der Waals surface area contributed by atoms with Crippen LogP contribution in [0.15, 0.2) is 36.5 Å². The average Bonchev–Trinajstić information content (AvgIpc) is 2.71. The molecule has 0 saturated carbocycles. The Morgan fingerprint density at radius 1 is 0.971 bits per heavy atom. The van der Waals surface area contributed by atoms with Gasteiger partial charge in [-0.25, -0.2) is 15.0 Å². The average molecular weight is 485 g/mol. The minimum atomic E-state index is -4.59. The van der Waals surface area contributed by atoms with Crippen molar-refractivity contribution in [1.82, 2.24) is 19.9 Å². The highest BCUT2D eigenvalue weighted by atomic mass is 19.4. The lowest BCUT2D eigenvalue weighted by molar-refractivity contribution is -0.141. The minimum absolute atomic E-state index is 0.0307. The van der Waals surface area contributed by atoms with Crippen LogP contribution in [0.1, 0.15) is 30.9 Å². The van der Waals surface area contributed by atoms with Gasteiger partial charge in [-0.2, -0.15) is 26.3 Å². The molecule has 182 valence electrons. The summed E-state index contributed by atoms with van der Waals surface area (Å²) in [5, 5.41) is 3.17. The second-order valence-electron chi connectivity index (χ2n) is 8.22. The first kappa shape index (κ1) is 24.1. The molecule has 0 aliphatic carbocycles. The monoisotopic (exact) mass is 485 g/mol. The maximum absolute atomic E-state index is 13.3. The van der Waals surface area contributed by atoms with Crippen molar-refractivity contribution < 1.29 is 31.1 Å². The van der Waals surface area contributed by atoms with Crippen molar-refractivity contribution in [2.45, 2.75) is 45.0 Å². The standard InChI is InChI=1S/C22H21F6N5O/c1-12-9-33(10-13(2)34-12)11-19-31-17-7-14(21(23,24)25)3-5-16(17)20(32-19)30-15-4-6-18(29-8-15)22(26,27)28/h3-8,12-13H,9-11H2,1-2H3,(H,30,31,32)/t12-,13+. The molecule has 0 spiro atoms. The largest absolute Gasteiger partial charge is 0.433 e. The minimum Gasteiger partial charge on any atom is -0.373 e. The first-order valence-electron chi connectivity index (χ1n) is 10.4. The van der Waals surface area contributed by atoms with E-state index in [0.29, 0.717) is 18.5 Å². The van der Waals surface area contributed by atoms with E-state index in [-0.39, 0.29) is 41.6 Å². The fraction of sp³-hybridized carbons (Fsp3) is 0.409. The Hall–Kier alpha value is -2.99. The number of pyridine rings is 1. The van der Waals surface area contributed by atoms with E-state index in [1.165, 1.54) is 12.1 Å². The van der Waals surface area contributed by atoms with Gasteiger partial charge in [-0.3, -0.25) is 4.90 Å². The molecular weight excluding hydrogens is 464 g/mol. The predicted octanol–water partition coefficient (Wildman–Crippen LogP) is 5.42. The van der Waals surface area contributed by atoms with Crippen molar-refractivity contribution in [3.63, 3.8) is 0 Å². The van der Waals surface area contributed by atoms with Crippen LogP contribution in [-0.2, 0) is 23.6 Å². The Balaban J connectivity index is 1.71. The lowest BCUT2D eigenvalue weighted by atomic mass is 10.1. The van der Waals surface area contributed by atoms with Crippen LogP contribution in [0.4, 0.5) is 37.8 Å². The number of rotatable bonds is 4. The van der Waals surface area contributed by atoms with Crippen molar-refractivity contribution in [3.8, 4) is 0 Å². The number of hydrogen-bond donors (Lipinski definition) is 1. The van der Waals surface area contributed by atoms with Gasteiger partial charge in [0.25, 0.3) is 0 Å². The van der Waals surface area contributed by atoms with Gasteiger partial charge in [-0.05, 0) is 44.2 Å². The third-order valence-corrected chi connectivity index (χ3v) is 5.25. The van der Waals surface area contributed by atoms with E-state index in [4.69, 9.17) is 4.74 Å². The third kappa shape index (κ3) is 5.55. The smallest absolute Gasteiger partial charge is 0.373 e. The van der Waals surface area contributed by atoms with Gasteiger partial charge in [-0.1, -0.05) is 0 Å². The zero-order valence-corrected chi connectivity index (χ0v) is 18.2. The quantitative estimate of drug-likeness (QED) is 0.499. The predicted molar refractivity (Wildman–Crippen MR) is 112 cm³/mol. The number of halogens is 6. The lowest BCUT2D eigenvalue weighted by Gasteiger charge is -2.34. The summed E-state index contributed by atoms with van der Waals surface area (Å²) in [7, 11) is 0. The molecule has 1 aromatic carbocycles. The molecule has 2 atom stereocenters. The summed E-state index contributed by atoms with van der Waals surface area (Å²) in [5.74, 6) is 0.445. The number of nitrogens with one attached hydrogen (secondary N) is 1. The molecule has 0 unspecified atom stereocenters. The van der Waals surface area contributed by atoms with Crippen LogP contribution in [0.2, 0.25) is 0 Å². The molecule has 2 aromatic heterocycles. The molecule has 1 fully saturated rings. The van der Waals surface area contributed by atoms with Crippen LogP contribution >= 0.6 is 0 Å². The summed E-state index contributed by atoms with van der Waals surface area (Å²) < 4.78 is 84.0. The molecule has 1 aliphatic heterocycles. The van der Waals surface area contributed by atoms with E-state index < -0.39 is 23.6 Å². The number of morpholine rings is 1. The highest BCUT2D eigenvalue weighted by molar-refractivity contribution is 5.91. The maximum Gasteiger partial charge on any atom is 0.433 e. The lowest BCUT2D eigenvalue weighted by Crippen LogP contribution is -2.45. The van der Waals surface area contributed by atoms with Crippen LogP contribution < -0.4 is 5.32 Å². The number of ether oxygens (including phenoxy) is 1. The molecule has 6 nitrogen and oxygen atoms in total. The Labute approximate surface area is 191 Å². The summed E-state index contributed by atoms with van der Waals surface area (Å²) in [6, 6.07) is 5.07. The number of aromatic nitrogens is 3. The normalized spacial score (nSPS) is 20.0. The second kappa shape index (κ2) is 8.99. The van der Waals surface area contributed by atoms with Crippen LogP contribution in [-0.4, -0.2) is 45.1 Å². The third-order valence-electron chi connectivity index (χ3n) is 5.25. The van der Waals surface area contributed by atoms with Crippen LogP contribution in [0, 0.1) is 0 Å². The molecule has 12 heteroatoms. The van der Waals surface area contributed by atoms with Gasteiger partial charge >= 0.3 is 12.4 Å². The fourth-order valence-corrected chi connectivity index (χ4v) is 3.91. The molecule has 0 bridgehead atoms. The zero-order chi connectivity index (χ0) is 24.7. The van der Waals surface area contributed by atoms with Crippen molar-refractivity contribution in [2.24, 2.45) is 0 Å².